The van der Waals surface area contributed by atoms with Crippen LogP contribution in [-0.4, -0.2) is 44.8 Å². The minimum atomic E-state index is -0.630. The molecule has 2 aromatic carbocycles. The first-order valence-electron chi connectivity index (χ1n) is 8.47. The first kappa shape index (κ1) is 21.5. The van der Waals surface area contributed by atoms with Gasteiger partial charge in [-0.15, -0.1) is 0 Å². The monoisotopic (exact) mass is 408 g/mol. The molecule has 9 heteroatoms. The smallest absolute Gasteiger partial charge is 0.286 e. The van der Waals surface area contributed by atoms with Crippen LogP contribution in [0, 0.1) is 10.1 Å². The number of hydrogen-bond donors (Lipinski definition) is 1. The van der Waals surface area contributed by atoms with Crippen molar-refractivity contribution < 1.29 is 23.9 Å². The first-order chi connectivity index (χ1) is 13.5. The van der Waals surface area contributed by atoms with Crippen molar-refractivity contribution in [2.75, 3.05) is 34.0 Å². The van der Waals surface area contributed by atoms with E-state index in [0.29, 0.717) is 24.6 Å². The number of nitrogens with one attached hydrogen (secondary N) is 1. The van der Waals surface area contributed by atoms with Gasteiger partial charge in [-0.05, 0) is 24.1 Å². The molecule has 0 saturated heterocycles. The summed E-state index contributed by atoms with van der Waals surface area (Å²) in [5.41, 5.74) is 0.474. The Bertz CT molecular complexity index is 843. The normalized spacial score (nSPS) is 10.4. The number of rotatable bonds is 10. The molecule has 0 radical (unpaired) electrons. The van der Waals surface area contributed by atoms with E-state index in [1.54, 1.807) is 12.1 Å². The van der Waals surface area contributed by atoms with Gasteiger partial charge in [0.1, 0.15) is 12.2 Å². The predicted molar refractivity (Wildman–Crippen MR) is 105 cm³/mol. The van der Waals surface area contributed by atoms with Crippen LogP contribution < -0.4 is 14.8 Å². The van der Waals surface area contributed by atoms with Crippen LogP contribution in [0.2, 0.25) is 5.02 Å². The summed E-state index contributed by atoms with van der Waals surface area (Å²) in [6.45, 7) is 0.794. The van der Waals surface area contributed by atoms with Crippen LogP contribution >= 0.6 is 11.6 Å². The van der Waals surface area contributed by atoms with Gasteiger partial charge in [-0.25, -0.2) is 0 Å². The lowest BCUT2D eigenvalue weighted by atomic mass is 10.1. The Labute approximate surface area is 167 Å². The van der Waals surface area contributed by atoms with Crippen molar-refractivity contribution >= 4 is 23.2 Å². The molecule has 1 amide bonds. The van der Waals surface area contributed by atoms with Crippen molar-refractivity contribution in [2.24, 2.45) is 0 Å². The highest BCUT2D eigenvalue weighted by atomic mass is 35.5. The van der Waals surface area contributed by atoms with E-state index in [0.717, 1.165) is 5.56 Å². The van der Waals surface area contributed by atoms with Gasteiger partial charge in [-0.2, -0.15) is 0 Å². The zero-order valence-corrected chi connectivity index (χ0v) is 16.3. The minimum absolute atomic E-state index is 0.105. The van der Waals surface area contributed by atoms with Crippen LogP contribution in [-0.2, 0) is 11.2 Å². The zero-order chi connectivity index (χ0) is 20.5. The van der Waals surface area contributed by atoms with Gasteiger partial charge in [0, 0.05) is 24.7 Å². The number of carbonyl (C=O) groups excluding carboxylic acids is 1. The van der Waals surface area contributed by atoms with Gasteiger partial charge >= 0.3 is 0 Å². The SMILES string of the molecule is COCCOc1cc([N+](=O)[O-])c(C(=O)NCCc2cccc(Cl)c2)cc1OC. The molecule has 150 valence electrons. The van der Waals surface area contributed by atoms with Crippen LogP contribution in [0.4, 0.5) is 5.69 Å². The summed E-state index contributed by atoms with van der Waals surface area (Å²) in [6, 6.07) is 9.74. The summed E-state index contributed by atoms with van der Waals surface area (Å²) in [6.07, 6.45) is 0.537. The molecule has 0 atom stereocenters. The molecule has 0 bridgehead atoms. The fourth-order valence-corrected chi connectivity index (χ4v) is 2.71. The largest absolute Gasteiger partial charge is 0.493 e. The van der Waals surface area contributed by atoms with Gasteiger partial charge in [0.05, 0.1) is 24.7 Å². The van der Waals surface area contributed by atoms with Crippen molar-refractivity contribution in [1.29, 1.82) is 0 Å². The van der Waals surface area contributed by atoms with Crippen LogP contribution in [0.3, 0.4) is 0 Å². The van der Waals surface area contributed by atoms with E-state index in [2.05, 4.69) is 5.32 Å². The maximum atomic E-state index is 12.5. The maximum Gasteiger partial charge on any atom is 0.286 e. The third-order valence-corrected chi connectivity index (χ3v) is 4.09. The lowest BCUT2D eigenvalue weighted by Gasteiger charge is -2.13. The summed E-state index contributed by atoms with van der Waals surface area (Å²) in [5, 5.41) is 14.7. The van der Waals surface area contributed by atoms with E-state index in [1.807, 2.05) is 12.1 Å². The van der Waals surface area contributed by atoms with Gasteiger partial charge in [0.15, 0.2) is 11.5 Å². The maximum absolute atomic E-state index is 12.5. The van der Waals surface area contributed by atoms with E-state index >= 15 is 0 Å². The molecule has 2 rings (SSSR count). The Morgan fingerprint density at radius 1 is 1.18 bits per heavy atom. The van der Waals surface area contributed by atoms with Gasteiger partial charge in [0.2, 0.25) is 0 Å². The molecule has 0 heterocycles. The fourth-order valence-electron chi connectivity index (χ4n) is 2.50. The standard InChI is InChI=1S/C19H21ClN2O6/c1-26-8-9-28-18-12-16(22(24)25)15(11-17(18)27-2)19(23)21-7-6-13-4-3-5-14(20)10-13/h3-5,10-12H,6-9H2,1-2H3,(H,21,23). The Hall–Kier alpha value is -2.84. The van der Waals surface area contributed by atoms with Gasteiger partial charge < -0.3 is 19.5 Å². The molecule has 8 nitrogen and oxygen atoms in total. The van der Waals surface area contributed by atoms with E-state index in [9.17, 15) is 14.9 Å². The number of halogens is 1. The molecule has 0 aliphatic rings. The molecule has 1 N–H and O–H groups in total. The topological polar surface area (TPSA) is 99.9 Å². The Balaban J connectivity index is 2.15. The number of hydrogen-bond acceptors (Lipinski definition) is 6. The van der Waals surface area contributed by atoms with Crippen LogP contribution in [0.25, 0.3) is 0 Å². The van der Waals surface area contributed by atoms with Crippen molar-refractivity contribution in [1.82, 2.24) is 5.32 Å². The second-order valence-corrected chi connectivity index (χ2v) is 6.19. The van der Waals surface area contributed by atoms with E-state index < -0.39 is 10.8 Å². The number of benzene rings is 2. The first-order valence-corrected chi connectivity index (χ1v) is 8.85. The number of ether oxygens (including phenoxy) is 3. The summed E-state index contributed by atoms with van der Waals surface area (Å²) < 4.78 is 15.5. The summed E-state index contributed by atoms with van der Waals surface area (Å²) in [4.78, 5) is 23.3. The van der Waals surface area contributed by atoms with Crippen LogP contribution in [0.5, 0.6) is 11.5 Å². The number of carbonyl (C=O) groups is 1. The Kier molecular flexibility index (Phi) is 8.03. The number of nitrogens with zero attached hydrogens (tertiary/aromatic N) is 1. The minimum Gasteiger partial charge on any atom is -0.493 e. The number of amides is 1. The highest BCUT2D eigenvalue weighted by molar-refractivity contribution is 6.30. The second kappa shape index (κ2) is 10.5. The Morgan fingerprint density at radius 3 is 2.61 bits per heavy atom. The number of methoxy groups -OCH3 is 2. The van der Waals surface area contributed by atoms with E-state index in [-0.39, 0.29) is 29.4 Å². The third kappa shape index (κ3) is 5.83. The molecule has 0 saturated carbocycles. The van der Waals surface area contributed by atoms with Crippen LogP contribution in [0.1, 0.15) is 15.9 Å². The van der Waals surface area contributed by atoms with E-state index in [1.165, 1.54) is 26.4 Å². The van der Waals surface area contributed by atoms with Crippen molar-refractivity contribution in [3.8, 4) is 11.5 Å². The second-order valence-electron chi connectivity index (χ2n) is 5.75. The van der Waals surface area contributed by atoms with Crippen molar-refractivity contribution in [3.05, 3.63) is 62.7 Å². The molecule has 0 aromatic heterocycles. The third-order valence-electron chi connectivity index (χ3n) is 3.86. The molecule has 0 fully saturated rings. The molecule has 28 heavy (non-hydrogen) atoms. The molecule has 2 aromatic rings. The highest BCUT2D eigenvalue weighted by Crippen LogP contribution is 2.34. The molecule has 0 aliphatic carbocycles. The summed E-state index contributed by atoms with van der Waals surface area (Å²) in [7, 11) is 2.91. The van der Waals surface area contributed by atoms with Crippen molar-refractivity contribution in [2.45, 2.75) is 6.42 Å². The highest BCUT2D eigenvalue weighted by Gasteiger charge is 2.24. The van der Waals surface area contributed by atoms with E-state index in [4.69, 9.17) is 25.8 Å². The number of nitro groups is 1. The summed E-state index contributed by atoms with van der Waals surface area (Å²) >= 11 is 5.94. The van der Waals surface area contributed by atoms with Crippen molar-refractivity contribution in [3.63, 3.8) is 0 Å². The fraction of sp³-hybridized carbons (Fsp3) is 0.316. The average Bonchev–Trinajstić information content (AvgIpc) is 2.67. The summed E-state index contributed by atoms with van der Waals surface area (Å²) in [5.74, 6) is -0.182. The van der Waals surface area contributed by atoms with Crippen LogP contribution in [0.15, 0.2) is 36.4 Å². The number of nitro benzene ring substituents is 1. The lowest BCUT2D eigenvalue weighted by Crippen LogP contribution is -2.26. The van der Waals surface area contributed by atoms with Gasteiger partial charge in [-0.3, -0.25) is 14.9 Å². The van der Waals surface area contributed by atoms with Gasteiger partial charge in [-0.1, -0.05) is 23.7 Å². The quantitative estimate of drug-likeness (QED) is 0.368. The molecular weight excluding hydrogens is 388 g/mol. The zero-order valence-electron chi connectivity index (χ0n) is 15.6. The predicted octanol–water partition coefficient (Wildman–Crippen LogP) is 3.25. The Morgan fingerprint density at radius 2 is 1.96 bits per heavy atom. The molecular formula is C19H21ClN2O6. The molecule has 0 aliphatic heterocycles. The van der Waals surface area contributed by atoms with Gasteiger partial charge in [0.25, 0.3) is 11.6 Å². The molecule has 0 unspecified atom stereocenters. The average molecular weight is 409 g/mol. The lowest BCUT2D eigenvalue weighted by molar-refractivity contribution is -0.385. The molecule has 0 spiro atoms.